The van der Waals surface area contributed by atoms with E-state index >= 15 is 0 Å². The van der Waals surface area contributed by atoms with Crippen LogP contribution in [0.15, 0.2) is 53.5 Å². The lowest BCUT2D eigenvalue weighted by Gasteiger charge is -2.21. The van der Waals surface area contributed by atoms with Crippen molar-refractivity contribution in [2.45, 2.75) is 19.8 Å². The monoisotopic (exact) mass is 309 g/mol. The van der Waals surface area contributed by atoms with E-state index in [0.29, 0.717) is 5.84 Å². The van der Waals surface area contributed by atoms with Gasteiger partial charge in [0.05, 0.1) is 0 Å². The zero-order valence-electron chi connectivity index (χ0n) is 14.1. The van der Waals surface area contributed by atoms with Gasteiger partial charge in [-0.1, -0.05) is 42.5 Å². The maximum atomic E-state index is 12.9. The van der Waals surface area contributed by atoms with Gasteiger partial charge in [-0.3, -0.25) is 9.79 Å². The fourth-order valence-corrected chi connectivity index (χ4v) is 2.63. The SMILES string of the molecule is CN=C(NC)C(C(=O)Nc1ccccc1C)c1ccccc1C. The van der Waals surface area contributed by atoms with Crippen LogP contribution in [0.1, 0.15) is 22.6 Å². The first-order valence-electron chi connectivity index (χ1n) is 7.65. The lowest BCUT2D eigenvalue weighted by molar-refractivity contribution is -0.116. The van der Waals surface area contributed by atoms with Gasteiger partial charge in [-0.25, -0.2) is 0 Å². The number of benzene rings is 2. The van der Waals surface area contributed by atoms with Crippen molar-refractivity contribution >= 4 is 17.4 Å². The van der Waals surface area contributed by atoms with Crippen molar-refractivity contribution in [2.75, 3.05) is 19.4 Å². The molecule has 0 saturated carbocycles. The molecule has 0 aromatic heterocycles. The third-order valence-corrected chi connectivity index (χ3v) is 3.94. The minimum atomic E-state index is -0.467. The maximum absolute atomic E-state index is 12.9. The van der Waals surface area contributed by atoms with Gasteiger partial charge in [-0.15, -0.1) is 0 Å². The molecule has 0 heterocycles. The topological polar surface area (TPSA) is 53.5 Å². The standard InChI is InChI=1S/C19H23N3O/c1-13-9-5-7-11-15(13)17(18(20-3)21-4)19(23)22-16-12-8-6-10-14(16)2/h5-12,17H,1-4H3,(H,20,21)(H,22,23). The van der Waals surface area contributed by atoms with Crippen LogP contribution in [0.3, 0.4) is 0 Å². The number of para-hydroxylation sites is 1. The predicted molar refractivity (Wildman–Crippen MR) is 96.1 cm³/mol. The first-order valence-corrected chi connectivity index (χ1v) is 7.65. The largest absolute Gasteiger partial charge is 0.376 e. The van der Waals surface area contributed by atoms with Gasteiger partial charge in [-0.2, -0.15) is 0 Å². The summed E-state index contributed by atoms with van der Waals surface area (Å²) in [6, 6.07) is 15.6. The van der Waals surface area contributed by atoms with Crippen LogP contribution >= 0.6 is 0 Å². The fourth-order valence-electron chi connectivity index (χ4n) is 2.63. The van der Waals surface area contributed by atoms with Crippen molar-refractivity contribution in [3.05, 3.63) is 65.2 Å². The summed E-state index contributed by atoms with van der Waals surface area (Å²) in [5, 5.41) is 6.07. The molecule has 4 heteroatoms. The molecule has 0 fully saturated rings. The Bertz CT molecular complexity index is 722. The third-order valence-electron chi connectivity index (χ3n) is 3.94. The smallest absolute Gasteiger partial charge is 0.239 e. The Labute approximate surface area is 137 Å². The number of nitrogens with zero attached hydrogens (tertiary/aromatic N) is 1. The molecule has 2 aromatic rings. The van der Waals surface area contributed by atoms with E-state index in [1.165, 1.54) is 0 Å². The average Bonchev–Trinajstić information content (AvgIpc) is 2.55. The van der Waals surface area contributed by atoms with Gasteiger partial charge in [0.15, 0.2) is 0 Å². The maximum Gasteiger partial charge on any atom is 0.239 e. The van der Waals surface area contributed by atoms with Crippen molar-refractivity contribution in [3.63, 3.8) is 0 Å². The predicted octanol–water partition coefficient (Wildman–Crippen LogP) is 3.27. The molecule has 1 unspecified atom stereocenters. The van der Waals surface area contributed by atoms with Crippen LogP contribution in [-0.2, 0) is 4.79 Å². The van der Waals surface area contributed by atoms with Crippen LogP contribution in [0.5, 0.6) is 0 Å². The van der Waals surface area contributed by atoms with E-state index in [4.69, 9.17) is 0 Å². The van der Waals surface area contributed by atoms with Gasteiger partial charge < -0.3 is 10.6 Å². The molecule has 2 N–H and O–H groups in total. The summed E-state index contributed by atoms with van der Waals surface area (Å²) in [4.78, 5) is 17.2. The Morgan fingerprint density at radius 2 is 1.61 bits per heavy atom. The lowest BCUT2D eigenvalue weighted by Crippen LogP contribution is -2.35. The van der Waals surface area contributed by atoms with Crippen molar-refractivity contribution in [1.29, 1.82) is 0 Å². The Morgan fingerprint density at radius 3 is 2.17 bits per heavy atom. The molecular formula is C19H23N3O. The van der Waals surface area contributed by atoms with Crippen LogP contribution in [0.25, 0.3) is 0 Å². The zero-order chi connectivity index (χ0) is 16.8. The number of carbonyl (C=O) groups is 1. The van der Waals surface area contributed by atoms with Gasteiger partial charge >= 0.3 is 0 Å². The number of amidine groups is 1. The molecule has 1 amide bonds. The molecule has 0 radical (unpaired) electrons. The van der Waals surface area contributed by atoms with Crippen molar-refractivity contribution < 1.29 is 4.79 Å². The molecule has 2 rings (SSSR count). The minimum absolute atomic E-state index is 0.0939. The summed E-state index contributed by atoms with van der Waals surface area (Å²) in [6.07, 6.45) is 0. The lowest BCUT2D eigenvalue weighted by atomic mass is 9.92. The summed E-state index contributed by atoms with van der Waals surface area (Å²) >= 11 is 0. The second-order valence-corrected chi connectivity index (χ2v) is 5.45. The van der Waals surface area contributed by atoms with E-state index in [1.807, 2.05) is 62.4 Å². The number of hydrogen-bond acceptors (Lipinski definition) is 2. The Kier molecular flexibility index (Phi) is 5.52. The molecular weight excluding hydrogens is 286 g/mol. The van der Waals surface area contributed by atoms with Crippen molar-refractivity contribution in [3.8, 4) is 0 Å². The summed E-state index contributed by atoms with van der Waals surface area (Å²) in [5.41, 5.74) is 3.87. The highest BCUT2D eigenvalue weighted by Crippen LogP contribution is 2.24. The van der Waals surface area contributed by atoms with Gasteiger partial charge in [0.1, 0.15) is 11.8 Å². The number of nitrogens with one attached hydrogen (secondary N) is 2. The van der Waals surface area contributed by atoms with E-state index in [1.54, 1.807) is 14.1 Å². The molecule has 2 aromatic carbocycles. The number of amides is 1. The Morgan fingerprint density at radius 1 is 1.00 bits per heavy atom. The van der Waals surface area contributed by atoms with E-state index in [2.05, 4.69) is 15.6 Å². The first-order chi connectivity index (χ1) is 11.1. The average molecular weight is 309 g/mol. The van der Waals surface area contributed by atoms with Gasteiger partial charge in [-0.05, 0) is 36.6 Å². The van der Waals surface area contributed by atoms with E-state index in [9.17, 15) is 4.79 Å². The van der Waals surface area contributed by atoms with E-state index in [-0.39, 0.29) is 5.91 Å². The molecule has 0 spiro atoms. The van der Waals surface area contributed by atoms with Crippen LogP contribution in [0, 0.1) is 13.8 Å². The van der Waals surface area contributed by atoms with Gasteiger partial charge in [0.2, 0.25) is 5.91 Å². The summed E-state index contributed by atoms with van der Waals surface area (Å²) < 4.78 is 0. The molecule has 0 saturated heterocycles. The number of carbonyl (C=O) groups excluding carboxylic acids is 1. The van der Waals surface area contributed by atoms with Crippen LogP contribution in [0.2, 0.25) is 0 Å². The van der Waals surface area contributed by atoms with Crippen LogP contribution in [0.4, 0.5) is 5.69 Å². The summed E-state index contributed by atoms with van der Waals surface area (Å²) in [7, 11) is 3.48. The first kappa shape index (κ1) is 16.7. The highest BCUT2D eigenvalue weighted by Gasteiger charge is 2.27. The molecule has 0 aliphatic carbocycles. The molecule has 0 bridgehead atoms. The van der Waals surface area contributed by atoms with Crippen LogP contribution < -0.4 is 10.6 Å². The van der Waals surface area contributed by atoms with E-state index in [0.717, 1.165) is 22.4 Å². The van der Waals surface area contributed by atoms with Gasteiger partial charge in [0, 0.05) is 19.8 Å². The normalized spacial score (nSPS) is 12.6. The summed E-state index contributed by atoms with van der Waals surface area (Å²) in [5.74, 6) is 0.0831. The van der Waals surface area contributed by atoms with E-state index < -0.39 is 5.92 Å². The number of aryl methyl sites for hydroxylation is 2. The van der Waals surface area contributed by atoms with Crippen LogP contribution in [-0.4, -0.2) is 25.8 Å². The minimum Gasteiger partial charge on any atom is -0.376 e. The molecule has 23 heavy (non-hydrogen) atoms. The zero-order valence-corrected chi connectivity index (χ0v) is 14.1. The number of likely N-dealkylation sites (N-methyl/N-ethyl adjacent to an activating group) is 1. The second-order valence-electron chi connectivity index (χ2n) is 5.45. The van der Waals surface area contributed by atoms with Crippen molar-refractivity contribution in [2.24, 2.45) is 4.99 Å². The number of rotatable bonds is 4. The Hall–Kier alpha value is -2.62. The molecule has 0 aliphatic heterocycles. The molecule has 4 nitrogen and oxygen atoms in total. The summed E-state index contributed by atoms with van der Waals surface area (Å²) in [6.45, 7) is 3.98. The van der Waals surface area contributed by atoms with Gasteiger partial charge in [0.25, 0.3) is 0 Å². The molecule has 120 valence electrons. The fraction of sp³-hybridized carbons (Fsp3) is 0.263. The second kappa shape index (κ2) is 7.58. The van der Waals surface area contributed by atoms with Crippen molar-refractivity contribution in [1.82, 2.24) is 5.32 Å². The highest BCUT2D eigenvalue weighted by molar-refractivity contribution is 6.13. The molecule has 1 atom stereocenters. The number of aliphatic imine (C=N–C) groups is 1. The number of hydrogen-bond donors (Lipinski definition) is 2. The quantitative estimate of drug-likeness (QED) is 0.673. The number of anilines is 1. The Balaban J connectivity index is 2.40. The third kappa shape index (κ3) is 3.77. The molecule has 0 aliphatic rings. The highest BCUT2D eigenvalue weighted by atomic mass is 16.1.